The third-order valence-electron chi connectivity index (χ3n) is 9.10. The summed E-state index contributed by atoms with van der Waals surface area (Å²) in [4.78, 5) is 12.2. The Hall–Kier alpha value is -0.840. The molecule has 2 nitrogen and oxygen atoms in total. The van der Waals surface area contributed by atoms with E-state index in [-0.39, 0.29) is 41.3 Å². The highest BCUT2D eigenvalue weighted by Gasteiger charge is 2.63. The molecule has 0 aromatic heterocycles. The van der Waals surface area contributed by atoms with Crippen LogP contribution >= 0.6 is 0 Å². The molecule has 3 fully saturated rings. The second-order valence-electron chi connectivity index (χ2n) is 10.2. The summed E-state index contributed by atoms with van der Waals surface area (Å²) in [6, 6.07) is 0. The molecule has 7 atom stereocenters. The first-order valence-electron chi connectivity index (χ1n) is 10.4. The van der Waals surface area contributed by atoms with Gasteiger partial charge in [0.2, 0.25) is 0 Å². The highest BCUT2D eigenvalue weighted by molar-refractivity contribution is 5.79. The van der Waals surface area contributed by atoms with E-state index in [1.165, 1.54) is 5.57 Å². The monoisotopic (exact) mass is 384 g/mol. The van der Waals surface area contributed by atoms with E-state index in [2.05, 4.69) is 19.9 Å². The third kappa shape index (κ3) is 2.59. The fourth-order valence-electron chi connectivity index (χ4n) is 7.44. The minimum absolute atomic E-state index is 0.00453. The number of alkyl halides is 3. The first-order valence-corrected chi connectivity index (χ1v) is 10.4. The summed E-state index contributed by atoms with van der Waals surface area (Å²) in [6.45, 7) is 6.09. The quantitative estimate of drug-likeness (QED) is 0.611. The predicted molar refractivity (Wildman–Crippen MR) is 96.9 cm³/mol. The lowest BCUT2D eigenvalue weighted by Crippen LogP contribution is -2.56. The first-order chi connectivity index (χ1) is 12.4. The van der Waals surface area contributed by atoms with Crippen molar-refractivity contribution >= 4 is 5.78 Å². The number of hydrogen-bond acceptors (Lipinski definition) is 2. The zero-order valence-corrected chi connectivity index (χ0v) is 16.5. The maximum absolute atomic E-state index is 13.4. The molecule has 4 aliphatic carbocycles. The predicted octanol–water partition coefficient (Wildman–Crippen LogP) is 5.45. The maximum atomic E-state index is 13.4. The van der Waals surface area contributed by atoms with Crippen LogP contribution in [0.3, 0.4) is 0 Å². The van der Waals surface area contributed by atoms with Gasteiger partial charge in [-0.3, -0.25) is 4.79 Å². The summed E-state index contributed by atoms with van der Waals surface area (Å²) in [7, 11) is 0. The lowest BCUT2D eigenvalue weighted by Gasteiger charge is -2.58. The zero-order valence-electron chi connectivity index (χ0n) is 16.5. The largest absolute Gasteiger partial charge is 0.417 e. The number of fused-ring (bicyclic) bond motifs is 5. The fourth-order valence-corrected chi connectivity index (χ4v) is 7.44. The normalized spacial score (nSPS) is 49.7. The molecule has 2 unspecified atom stereocenters. The van der Waals surface area contributed by atoms with Gasteiger partial charge in [-0.25, -0.2) is 0 Å². The van der Waals surface area contributed by atoms with E-state index < -0.39 is 11.8 Å². The summed E-state index contributed by atoms with van der Waals surface area (Å²) in [5.41, 5.74) is -1.42. The summed E-state index contributed by atoms with van der Waals surface area (Å²) >= 11 is 0. The molecule has 3 saturated carbocycles. The standard InChI is InChI=1S/C22H31F3O2/c1-13(26)16-6-7-17-15-5-4-14-12-21(27,22(23,24)25)11-10-19(14,2)18(15)8-9-20(16,17)3/h8,14-17,27H,4-7,9-12H2,1-3H3/t14?,15-,16+,17-,19-,20+,21?/m0/s1. The van der Waals surface area contributed by atoms with Gasteiger partial charge in [0.25, 0.3) is 0 Å². The van der Waals surface area contributed by atoms with Gasteiger partial charge < -0.3 is 5.11 Å². The topological polar surface area (TPSA) is 37.3 Å². The molecule has 5 heteroatoms. The van der Waals surface area contributed by atoms with Crippen LogP contribution in [0.4, 0.5) is 13.2 Å². The van der Waals surface area contributed by atoms with Gasteiger partial charge in [0.1, 0.15) is 5.78 Å². The van der Waals surface area contributed by atoms with E-state index in [9.17, 15) is 23.1 Å². The number of ketones is 1. The van der Waals surface area contributed by atoms with Crippen molar-refractivity contribution in [3.05, 3.63) is 11.6 Å². The molecule has 27 heavy (non-hydrogen) atoms. The minimum Gasteiger partial charge on any atom is -0.380 e. The van der Waals surface area contributed by atoms with Gasteiger partial charge in [-0.05, 0) is 86.9 Å². The van der Waals surface area contributed by atoms with Crippen LogP contribution in [0.2, 0.25) is 0 Å². The molecule has 4 rings (SSSR count). The number of hydrogen-bond donors (Lipinski definition) is 1. The van der Waals surface area contributed by atoms with Crippen molar-refractivity contribution in [2.45, 2.75) is 83.9 Å². The van der Waals surface area contributed by atoms with E-state index >= 15 is 0 Å². The van der Waals surface area contributed by atoms with E-state index in [0.717, 1.165) is 32.1 Å². The smallest absolute Gasteiger partial charge is 0.380 e. The molecule has 4 aliphatic rings. The lowest BCUT2D eigenvalue weighted by atomic mass is 9.47. The number of allylic oxidation sites excluding steroid dienone is 2. The molecule has 0 aliphatic heterocycles. The lowest BCUT2D eigenvalue weighted by molar-refractivity contribution is -0.282. The Morgan fingerprint density at radius 3 is 2.48 bits per heavy atom. The molecule has 0 aromatic carbocycles. The number of carbonyl (C=O) groups is 1. The number of aliphatic hydroxyl groups is 1. The van der Waals surface area contributed by atoms with Crippen LogP contribution in [0.5, 0.6) is 0 Å². The van der Waals surface area contributed by atoms with Gasteiger partial charge in [0.15, 0.2) is 5.60 Å². The van der Waals surface area contributed by atoms with Crippen LogP contribution in [0, 0.1) is 34.5 Å². The minimum atomic E-state index is -4.55. The van der Waals surface area contributed by atoms with Crippen LogP contribution in [-0.4, -0.2) is 22.7 Å². The SMILES string of the molecule is CC(=O)[C@H]1CC[C@H]2[C@@H]3CCC4CC(O)(C(F)(F)F)CC[C@]4(C)C3=CC[C@]12C. The van der Waals surface area contributed by atoms with Gasteiger partial charge in [-0.15, -0.1) is 0 Å². The molecule has 0 radical (unpaired) electrons. The average Bonchev–Trinajstić information content (AvgIpc) is 2.92. The van der Waals surface area contributed by atoms with Crippen molar-refractivity contribution in [2.75, 3.05) is 0 Å². The third-order valence-corrected chi connectivity index (χ3v) is 9.10. The molecule has 0 spiro atoms. The Balaban J connectivity index is 1.65. The Morgan fingerprint density at radius 1 is 1.15 bits per heavy atom. The van der Waals surface area contributed by atoms with E-state index in [4.69, 9.17) is 0 Å². The maximum Gasteiger partial charge on any atom is 0.417 e. The summed E-state index contributed by atoms with van der Waals surface area (Å²) in [6.07, 6.45) is 2.25. The molecular weight excluding hydrogens is 353 g/mol. The average molecular weight is 384 g/mol. The van der Waals surface area contributed by atoms with Crippen molar-refractivity contribution < 1.29 is 23.1 Å². The second-order valence-corrected chi connectivity index (χ2v) is 10.2. The summed E-state index contributed by atoms with van der Waals surface area (Å²) < 4.78 is 40.2. The molecule has 0 heterocycles. The highest BCUT2D eigenvalue weighted by atomic mass is 19.4. The number of halogens is 3. The number of carbonyl (C=O) groups excluding carboxylic acids is 1. The van der Waals surface area contributed by atoms with Crippen LogP contribution < -0.4 is 0 Å². The summed E-state index contributed by atoms with van der Waals surface area (Å²) in [5.74, 6) is 1.14. The second kappa shape index (κ2) is 5.84. The summed E-state index contributed by atoms with van der Waals surface area (Å²) in [5, 5.41) is 10.3. The van der Waals surface area contributed by atoms with E-state index in [0.29, 0.717) is 18.3 Å². The highest BCUT2D eigenvalue weighted by Crippen LogP contribution is 2.66. The molecule has 0 saturated heterocycles. The first kappa shape index (κ1) is 19.5. The Labute approximate surface area is 159 Å². The van der Waals surface area contributed by atoms with E-state index in [1.807, 2.05) is 0 Å². The van der Waals surface area contributed by atoms with Gasteiger partial charge in [0.05, 0.1) is 0 Å². The van der Waals surface area contributed by atoms with Gasteiger partial charge in [-0.1, -0.05) is 25.5 Å². The van der Waals surface area contributed by atoms with Crippen LogP contribution in [0.1, 0.15) is 72.1 Å². The molecule has 1 N–H and O–H groups in total. The van der Waals surface area contributed by atoms with Crippen LogP contribution in [0.25, 0.3) is 0 Å². The van der Waals surface area contributed by atoms with Crippen molar-refractivity contribution in [1.29, 1.82) is 0 Å². The van der Waals surface area contributed by atoms with Crippen molar-refractivity contribution in [3.8, 4) is 0 Å². The Morgan fingerprint density at radius 2 is 1.85 bits per heavy atom. The van der Waals surface area contributed by atoms with Crippen molar-refractivity contribution in [2.24, 2.45) is 34.5 Å². The van der Waals surface area contributed by atoms with Gasteiger partial charge in [-0.2, -0.15) is 13.2 Å². The molecule has 0 bridgehead atoms. The Kier molecular flexibility index (Phi) is 4.21. The number of rotatable bonds is 1. The van der Waals surface area contributed by atoms with Crippen LogP contribution in [0.15, 0.2) is 11.6 Å². The van der Waals surface area contributed by atoms with E-state index in [1.54, 1.807) is 6.92 Å². The molecule has 152 valence electrons. The Bertz CT molecular complexity index is 684. The number of Topliss-reactive ketones (excluding diaryl/α,β-unsaturated/α-hetero) is 1. The van der Waals surface area contributed by atoms with Crippen LogP contribution in [-0.2, 0) is 4.79 Å². The van der Waals surface area contributed by atoms with Crippen molar-refractivity contribution in [1.82, 2.24) is 0 Å². The van der Waals surface area contributed by atoms with Crippen molar-refractivity contribution in [3.63, 3.8) is 0 Å². The molecular formula is C22H31F3O2. The fraction of sp³-hybridized carbons (Fsp3) is 0.864. The molecule has 0 amide bonds. The van der Waals surface area contributed by atoms with Gasteiger partial charge >= 0.3 is 6.18 Å². The zero-order chi connectivity index (χ0) is 19.8. The van der Waals surface area contributed by atoms with Gasteiger partial charge in [0, 0.05) is 5.92 Å². The molecule has 0 aromatic rings.